The third-order valence-corrected chi connectivity index (χ3v) is 3.98. The van der Waals surface area contributed by atoms with Gasteiger partial charge in [-0.1, -0.05) is 24.3 Å². The summed E-state index contributed by atoms with van der Waals surface area (Å²) >= 11 is 0. The van der Waals surface area contributed by atoms with E-state index in [1.54, 1.807) is 24.3 Å². The van der Waals surface area contributed by atoms with Crippen LogP contribution in [0.5, 0.6) is 5.75 Å². The predicted octanol–water partition coefficient (Wildman–Crippen LogP) is 2.62. The zero-order valence-electron chi connectivity index (χ0n) is 14.5. The molecule has 27 heavy (non-hydrogen) atoms. The molecular weight excluding hydrogens is 356 g/mol. The number of hydrogen-bond donors (Lipinski definition) is 1. The molecule has 0 aliphatic carbocycles. The lowest BCUT2D eigenvalue weighted by atomic mass is 10.1. The van der Waals surface area contributed by atoms with E-state index >= 15 is 0 Å². The molecule has 0 aliphatic heterocycles. The van der Waals surface area contributed by atoms with Gasteiger partial charge in [-0.3, -0.25) is 14.2 Å². The number of amides is 1. The molecule has 0 fully saturated rings. The molecule has 0 saturated heterocycles. The van der Waals surface area contributed by atoms with Crippen molar-refractivity contribution in [2.45, 2.75) is 26.6 Å². The van der Waals surface area contributed by atoms with Crippen LogP contribution in [0.2, 0.25) is 0 Å². The van der Waals surface area contributed by atoms with E-state index in [1.807, 2.05) is 13.0 Å². The van der Waals surface area contributed by atoms with E-state index in [-0.39, 0.29) is 24.4 Å². The second kappa shape index (κ2) is 7.94. The van der Waals surface area contributed by atoms with E-state index in [0.29, 0.717) is 16.5 Å². The minimum Gasteiger partial charge on any atom is -0.435 e. The second-order valence-electron chi connectivity index (χ2n) is 5.95. The molecule has 3 aromatic rings. The molecule has 8 heteroatoms. The summed E-state index contributed by atoms with van der Waals surface area (Å²) in [6, 6.07) is 11.3. The molecule has 140 valence electrons. The van der Waals surface area contributed by atoms with Crippen LogP contribution in [-0.2, 0) is 17.9 Å². The van der Waals surface area contributed by atoms with Crippen LogP contribution in [0.15, 0.2) is 53.6 Å². The van der Waals surface area contributed by atoms with Gasteiger partial charge in [-0.2, -0.15) is 8.78 Å². The van der Waals surface area contributed by atoms with Gasteiger partial charge in [-0.15, -0.1) is 0 Å². The zero-order valence-corrected chi connectivity index (χ0v) is 14.5. The lowest BCUT2D eigenvalue weighted by molar-refractivity contribution is -0.121. The SMILES string of the molecule is Cc1cccc2c(=O)n(CC(=O)NCc3cccc(OC(F)F)c3)cnc12. The van der Waals surface area contributed by atoms with E-state index < -0.39 is 12.5 Å². The monoisotopic (exact) mass is 373 g/mol. The first kappa shape index (κ1) is 18.5. The maximum absolute atomic E-state index is 12.5. The van der Waals surface area contributed by atoms with Crippen LogP contribution in [-0.4, -0.2) is 22.1 Å². The number of hydrogen-bond acceptors (Lipinski definition) is 4. The Bertz CT molecular complexity index is 1030. The number of alkyl halides is 2. The number of aromatic nitrogens is 2. The summed E-state index contributed by atoms with van der Waals surface area (Å²) in [5, 5.41) is 3.09. The fraction of sp³-hybridized carbons (Fsp3) is 0.211. The van der Waals surface area contributed by atoms with Gasteiger partial charge in [0.05, 0.1) is 17.2 Å². The molecule has 1 N–H and O–H groups in total. The average Bonchev–Trinajstić information content (AvgIpc) is 2.63. The fourth-order valence-corrected chi connectivity index (χ4v) is 2.69. The Morgan fingerprint density at radius 2 is 2.04 bits per heavy atom. The third kappa shape index (κ3) is 4.46. The maximum Gasteiger partial charge on any atom is 0.387 e. The van der Waals surface area contributed by atoms with Gasteiger partial charge in [0.15, 0.2) is 0 Å². The van der Waals surface area contributed by atoms with Crippen LogP contribution in [0, 0.1) is 6.92 Å². The highest BCUT2D eigenvalue weighted by atomic mass is 19.3. The summed E-state index contributed by atoms with van der Waals surface area (Å²) in [7, 11) is 0. The Kier molecular flexibility index (Phi) is 5.44. The van der Waals surface area contributed by atoms with Crippen LogP contribution in [0.3, 0.4) is 0 Å². The number of fused-ring (bicyclic) bond motifs is 1. The highest BCUT2D eigenvalue weighted by Crippen LogP contribution is 2.16. The number of carbonyl (C=O) groups is 1. The Balaban J connectivity index is 1.67. The number of rotatable bonds is 6. The first-order valence-corrected chi connectivity index (χ1v) is 8.19. The highest BCUT2D eigenvalue weighted by Gasteiger charge is 2.10. The van der Waals surface area contributed by atoms with Crippen LogP contribution in [0.1, 0.15) is 11.1 Å². The van der Waals surface area contributed by atoms with E-state index in [4.69, 9.17) is 0 Å². The van der Waals surface area contributed by atoms with Crippen molar-refractivity contribution < 1.29 is 18.3 Å². The summed E-state index contributed by atoms with van der Waals surface area (Å²) in [5.41, 5.74) is 1.79. The molecule has 1 heterocycles. The lowest BCUT2D eigenvalue weighted by Gasteiger charge is -2.10. The number of aryl methyl sites for hydroxylation is 1. The topological polar surface area (TPSA) is 73.2 Å². The van der Waals surface area contributed by atoms with Gasteiger partial charge in [-0.05, 0) is 36.2 Å². The number of para-hydroxylation sites is 1. The minimum absolute atomic E-state index is 0.0158. The molecule has 6 nitrogen and oxygen atoms in total. The normalized spacial score (nSPS) is 11.0. The van der Waals surface area contributed by atoms with Gasteiger partial charge < -0.3 is 10.1 Å². The van der Waals surface area contributed by atoms with Gasteiger partial charge in [-0.25, -0.2) is 4.98 Å². The molecule has 0 radical (unpaired) electrons. The zero-order chi connectivity index (χ0) is 19.4. The van der Waals surface area contributed by atoms with Crippen molar-refractivity contribution in [3.63, 3.8) is 0 Å². The summed E-state index contributed by atoms with van der Waals surface area (Å²) < 4.78 is 30.1. The van der Waals surface area contributed by atoms with Crippen molar-refractivity contribution in [2.24, 2.45) is 0 Å². The number of ether oxygens (including phenoxy) is 1. The van der Waals surface area contributed by atoms with Gasteiger partial charge in [0.25, 0.3) is 5.56 Å². The van der Waals surface area contributed by atoms with Crippen molar-refractivity contribution >= 4 is 16.8 Å². The summed E-state index contributed by atoms with van der Waals surface area (Å²) in [6.45, 7) is -1.12. The van der Waals surface area contributed by atoms with Gasteiger partial charge in [0, 0.05) is 6.54 Å². The molecule has 2 aromatic carbocycles. The molecule has 0 saturated carbocycles. The first-order chi connectivity index (χ1) is 12.9. The quantitative estimate of drug-likeness (QED) is 0.721. The van der Waals surface area contributed by atoms with E-state index in [1.165, 1.54) is 23.0 Å². The third-order valence-electron chi connectivity index (χ3n) is 3.98. The average molecular weight is 373 g/mol. The molecule has 1 aromatic heterocycles. The van der Waals surface area contributed by atoms with Crippen molar-refractivity contribution in [2.75, 3.05) is 0 Å². The molecule has 0 spiro atoms. The molecule has 1 amide bonds. The number of nitrogens with zero attached hydrogens (tertiary/aromatic N) is 2. The Morgan fingerprint density at radius 1 is 1.26 bits per heavy atom. The maximum atomic E-state index is 12.5. The number of benzene rings is 2. The molecule has 0 aliphatic rings. The molecule has 0 atom stereocenters. The Labute approximate surface area is 153 Å². The molecule has 0 bridgehead atoms. The van der Waals surface area contributed by atoms with Crippen molar-refractivity contribution in [3.05, 3.63) is 70.3 Å². The van der Waals surface area contributed by atoms with Crippen LogP contribution < -0.4 is 15.6 Å². The molecule has 3 rings (SSSR count). The first-order valence-electron chi connectivity index (χ1n) is 8.19. The smallest absolute Gasteiger partial charge is 0.387 e. The van der Waals surface area contributed by atoms with Crippen molar-refractivity contribution in [1.82, 2.24) is 14.9 Å². The van der Waals surface area contributed by atoms with Crippen molar-refractivity contribution in [3.8, 4) is 5.75 Å². The standard InChI is InChI=1S/C19H17F2N3O3/c1-12-4-2-7-15-17(12)23-11-24(18(15)26)10-16(25)22-9-13-5-3-6-14(8-13)27-19(20)21/h2-8,11,19H,9-10H2,1H3,(H,22,25). The van der Waals surface area contributed by atoms with Crippen molar-refractivity contribution in [1.29, 1.82) is 0 Å². The largest absolute Gasteiger partial charge is 0.435 e. The predicted molar refractivity (Wildman–Crippen MR) is 95.7 cm³/mol. The Hall–Kier alpha value is -3.29. The summed E-state index contributed by atoms with van der Waals surface area (Å²) in [6.07, 6.45) is 1.34. The Morgan fingerprint density at radius 3 is 2.81 bits per heavy atom. The fourth-order valence-electron chi connectivity index (χ4n) is 2.69. The summed E-state index contributed by atoms with van der Waals surface area (Å²) in [4.78, 5) is 28.9. The van der Waals surface area contributed by atoms with Gasteiger partial charge in [0.2, 0.25) is 5.91 Å². The highest BCUT2D eigenvalue weighted by molar-refractivity contribution is 5.81. The molecular formula is C19H17F2N3O3. The van der Waals surface area contributed by atoms with E-state index in [9.17, 15) is 18.4 Å². The van der Waals surface area contributed by atoms with E-state index in [2.05, 4.69) is 15.0 Å². The van der Waals surface area contributed by atoms with Crippen LogP contribution >= 0.6 is 0 Å². The van der Waals surface area contributed by atoms with Gasteiger partial charge >= 0.3 is 6.61 Å². The van der Waals surface area contributed by atoms with Gasteiger partial charge in [0.1, 0.15) is 12.3 Å². The number of halogens is 2. The number of nitrogens with one attached hydrogen (secondary N) is 1. The van der Waals surface area contributed by atoms with Crippen LogP contribution in [0.4, 0.5) is 8.78 Å². The molecule has 0 unspecified atom stereocenters. The summed E-state index contributed by atoms with van der Waals surface area (Å²) in [5.74, 6) is -0.381. The lowest BCUT2D eigenvalue weighted by Crippen LogP contribution is -2.32. The van der Waals surface area contributed by atoms with Crippen LogP contribution in [0.25, 0.3) is 10.9 Å². The van der Waals surface area contributed by atoms with E-state index in [0.717, 1.165) is 5.56 Å². The minimum atomic E-state index is -2.91. The second-order valence-corrected chi connectivity index (χ2v) is 5.95. The number of carbonyl (C=O) groups excluding carboxylic acids is 1.